The first-order valence-corrected chi connectivity index (χ1v) is 8.91. The topological polar surface area (TPSA) is 38.3 Å². The van der Waals surface area contributed by atoms with Crippen LogP contribution in [0.25, 0.3) is 6.08 Å². The first-order chi connectivity index (χ1) is 11.7. The molecule has 2 aromatic rings. The molecule has 1 aliphatic heterocycles. The Balaban J connectivity index is 1.44. The molecule has 0 saturated carbocycles. The van der Waals surface area contributed by atoms with Gasteiger partial charge in [0.25, 0.3) is 5.91 Å². The molecule has 0 saturated heterocycles. The van der Waals surface area contributed by atoms with E-state index in [1.807, 2.05) is 36.4 Å². The molecule has 5 heteroatoms. The van der Waals surface area contributed by atoms with Crippen molar-refractivity contribution in [3.05, 3.63) is 71.0 Å². The number of rotatable bonds is 6. The fourth-order valence-corrected chi connectivity index (χ4v) is 3.24. The van der Waals surface area contributed by atoms with Crippen molar-refractivity contribution >= 4 is 23.7 Å². The average molecular weight is 343 g/mol. The molecule has 1 N–H and O–H groups in total. The molecule has 0 unspecified atom stereocenters. The fraction of sp³-hybridized carbons (Fsp3) is 0.211. The Labute approximate surface area is 144 Å². The van der Waals surface area contributed by atoms with Crippen molar-refractivity contribution in [1.82, 2.24) is 5.32 Å². The molecule has 2 aromatic carbocycles. The number of amides is 1. The highest BCUT2D eigenvalue weighted by Crippen LogP contribution is 2.25. The third-order valence-corrected chi connectivity index (χ3v) is 4.68. The van der Waals surface area contributed by atoms with Crippen LogP contribution in [-0.4, -0.2) is 24.8 Å². The van der Waals surface area contributed by atoms with E-state index in [9.17, 15) is 9.18 Å². The van der Waals surface area contributed by atoms with Gasteiger partial charge in [-0.15, -0.1) is 0 Å². The van der Waals surface area contributed by atoms with Gasteiger partial charge in [-0.25, -0.2) is 4.39 Å². The number of thioether (sulfide) groups is 1. The van der Waals surface area contributed by atoms with Gasteiger partial charge < -0.3 is 10.1 Å². The van der Waals surface area contributed by atoms with Gasteiger partial charge in [-0.2, -0.15) is 11.8 Å². The summed E-state index contributed by atoms with van der Waals surface area (Å²) < 4.78 is 19.1. The van der Waals surface area contributed by atoms with Crippen LogP contribution in [0.5, 0.6) is 5.75 Å². The third kappa shape index (κ3) is 4.17. The molecule has 0 aliphatic carbocycles. The molecule has 3 rings (SSSR count). The van der Waals surface area contributed by atoms with E-state index in [0.717, 1.165) is 17.1 Å². The summed E-state index contributed by atoms with van der Waals surface area (Å²) in [5.41, 5.74) is 2.23. The van der Waals surface area contributed by atoms with Crippen LogP contribution < -0.4 is 10.1 Å². The average Bonchev–Trinajstić information content (AvgIpc) is 2.62. The summed E-state index contributed by atoms with van der Waals surface area (Å²) in [6, 6.07) is 14.4. The number of hydrogen-bond acceptors (Lipinski definition) is 3. The monoisotopic (exact) mass is 343 g/mol. The van der Waals surface area contributed by atoms with E-state index in [1.165, 1.54) is 6.07 Å². The summed E-state index contributed by atoms with van der Waals surface area (Å²) in [7, 11) is 0. The number of benzene rings is 2. The van der Waals surface area contributed by atoms with E-state index < -0.39 is 0 Å². The molecule has 1 heterocycles. The van der Waals surface area contributed by atoms with E-state index in [4.69, 9.17) is 4.74 Å². The number of para-hydroxylation sites is 1. The maximum atomic E-state index is 13.5. The lowest BCUT2D eigenvalue weighted by Crippen LogP contribution is -2.30. The maximum absolute atomic E-state index is 13.5. The number of hydrogen-bond donors (Lipinski definition) is 1. The second kappa shape index (κ2) is 8.02. The predicted molar refractivity (Wildman–Crippen MR) is 95.5 cm³/mol. The van der Waals surface area contributed by atoms with Gasteiger partial charge in [0.2, 0.25) is 0 Å². The van der Waals surface area contributed by atoms with Gasteiger partial charge in [0, 0.05) is 23.6 Å². The standard InChI is InChI=1S/C19H18FNO2S/c20-17-7-3-1-6-15(17)13-24-10-9-21-19(22)16-11-14-5-2-4-8-18(14)23-12-16/h1-8,11H,9-10,12-13H2,(H,21,22). The summed E-state index contributed by atoms with van der Waals surface area (Å²) >= 11 is 1.59. The highest BCUT2D eigenvalue weighted by Gasteiger charge is 2.16. The number of ether oxygens (including phenoxy) is 1. The minimum atomic E-state index is -0.183. The highest BCUT2D eigenvalue weighted by molar-refractivity contribution is 7.98. The Hall–Kier alpha value is -2.27. The molecular formula is C19H18FNO2S. The van der Waals surface area contributed by atoms with Gasteiger partial charge >= 0.3 is 0 Å². The lowest BCUT2D eigenvalue weighted by Gasteiger charge is -2.17. The summed E-state index contributed by atoms with van der Waals surface area (Å²) in [6.45, 7) is 0.822. The van der Waals surface area contributed by atoms with Crippen LogP contribution in [0.15, 0.2) is 54.1 Å². The van der Waals surface area contributed by atoms with E-state index in [0.29, 0.717) is 23.4 Å². The smallest absolute Gasteiger partial charge is 0.250 e. The van der Waals surface area contributed by atoms with Crippen molar-refractivity contribution in [2.24, 2.45) is 0 Å². The SMILES string of the molecule is O=C(NCCSCc1ccccc1F)C1=Cc2ccccc2OC1. The van der Waals surface area contributed by atoms with Crippen molar-refractivity contribution in [2.75, 3.05) is 18.9 Å². The van der Waals surface area contributed by atoms with Crippen LogP contribution >= 0.6 is 11.8 Å². The lowest BCUT2D eigenvalue weighted by atomic mass is 10.1. The van der Waals surface area contributed by atoms with Crippen molar-refractivity contribution in [3.8, 4) is 5.75 Å². The predicted octanol–water partition coefficient (Wildman–Crippen LogP) is 3.65. The van der Waals surface area contributed by atoms with Crippen molar-refractivity contribution in [2.45, 2.75) is 5.75 Å². The first-order valence-electron chi connectivity index (χ1n) is 7.76. The Morgan fingerprint density at radius 2 is 1.96 bits per heavy atom. The molecule has 124 valence electrons. The van der Waals surface area contributed by atoms with Crippen LogP contribution in [0.4, 0.5) is 4.39 Å². The molecule has 0 radical (unpaired) electrons. The minimum Gasteiger partial charge on any atom is -0.488 e. The van der Waals surface area contributed by atoms with Gasteiger partial charge in [0.05, 0.1) is 5.57 Å². The summed E-state index contributed by atoms with van der Waals surface area (Å²) in [5, 5.41) is 2.88. The molecule has 0 aromatic heterocycles. The van der Waals surface area contributed by atoms with E-state index in [-0.39, 0.29) is 18.3 Å². The van der Waals surface area contributed by atoms with Crippen molar-refractivity contribution < 1.29 is 13.9 Å². The zero-order chi connectivity index (χ0) is 16.8. The third-order valence-electron chi connectivity index (χ3n) is 3.67. The Bertz CT molecular complexity index is 761. The van der Waals surface area contributed by atoms with Gasteiger partial charge in [0.15, 0.2) is 0 Å². The largest absolute Gasteiger partial charge is 0.488 e. The zero-order valence-electron chi connectivity index (χ0n) is 13.1. The Morgan fingerprint density at radius 3 is 2.83 bits per heavy atom. The number of halogens is 1. The Kier molecular flexibility index (Phi) is 5.54. The normalized spacial score (nSPS) is 12.8. The number of nitrogens with one attached hydrogen (secondary N) is 1. The molecule has 0 fully saturated rings. The van der Waals surface area contributed by atoms with Crippen LogP contribution in [0, 0.1) is 5.82 Å². The van der Waals surface area contributed by atoms with Gasteiger partial charge in [0.1, 0.15) is 18.2 Å². The van der Waals surface area contributed by atoms with Crippen LogP contribution in [0.2, 0.25) is 0 Å². The second-order valence-corrected chi connectivity index (χ2v) is 6.50. The quantitative estimate of drug-likeness (QED) is 0.814. The van der Waals surface area contributed by atoms with Crippen molar-refractivity contribution in [3.63, 3.8) is 0 Å². The maximum Gasteiger partial charge on any atom is 0.250 e. The zero-order valence-corrected chi connectivity index (χ0v) is 13.9. The van der Waals surface area contributed by atoms with E-state index >= 15 is 0 Å². The second-order valence-electron chi connectivity index (χ2n) is 5.40. The van der Waals surface area contributed by atoms with Crippen LogP contribution in [-0.2, 0) is 10.5 Å². The van der Waals surface area contributed by atoms with E-state index in [2.05, 4.69) is 5.32 Å². The number of carbonyl (C=O) groups excluding carboxylic acids is 1. The molecule has 0 atom stereocenters. The summed E-state index contributed by atoms with van der Waals surface area (Å²) in [6.07, 6.45) is 1.86. The fourth-order valence-electron chi connectivity index (χ4n) is 2.40. The molecule has 3 nitrogen and oxygen atoms in total. The molecule has 24 heavy (non-hydrogen) atoms. The summed E-state index contributed by atoms with van der Waals surface area (Å²) in [5.74, 6) is 1.83. The van der Waals surface area contributed by atoms with Gasteiger partial charge in [-0.1, -0.05) is 36.4 Å². The molecule has 1 amide bonds. The van der Waals surface area contributed by atoms with E-state index in [1.54, 1.807) is 23.9 Å². The van der Waals surface area contributed by atoms with Crippen LogP contribution in [0.1, 0.15) is 11.1 Å². The molecule has 1 aliphatic rings. The number of fused-ring (bicyclic) bond motifs is 1. The van der Waals surface area contributed by atoms with Crippen molar-refractivity contribution in [1.29, 1.82) is 0 Å². The van der Waals surface area contributed by atoms with Crippen LogP contribution in [0.3, 0.4) is 0 Å². The lowest BCUT2D eigenvalue weighted by molar-refractivity contribution is -0.117. The summed E-state index contributed by atoms with van der Waals surface area (Å²) in [4.78, 5) is 12.2. The van der Waals surface area contributed by atoms with Gasteiger partial charge in [-0.3, -0.25) is 4.79 Å². The number of carbonyl (C=O) groups is 1. The minimum absolute atomic E-state index is 0.115. The molecule has 0 spiro atoms. The first kappa shape index (κ1) is 16.6. The Morgan fingerprint density at radius 1 is 1.17 bits per heavy atom. The molecule has 0 bridgehead atoms. The van der Waals surface area contributed by atoms with Gasteiger partial charge in [-0.05, 0) is 23.8 Å². The molecular weight excluding hydrogens is 325 g/mol. The highest BCUT2D eigenvalue weighted by atomic mass is 32.2.